The fourth-order valence-electron chi connectivity index (χ4n) is 10.4. The summed E-state index contributed by atoms with van der Waals surface area (Å²) in [6, 6.07) is 11.8. The van der Waals surface area contributed by atoms with Crippen LogP contribution >= 0.6 is 11.6 Å². The Kier molecular flexibility index (Phi) is 11.3. The lowest BCUT2D eigenvalue weighted by atomic mass is 9.68. The maximum atomic E-state index is 15.0. The first-order chi connectivity index (χ1) is 28.5. The maximum absolute atomic E-state index is 15.0. The van der Waals surface area contributed by atoms with Crippen LogP contribution in [0.2, 0.25) is 5.02 Å². The number of carbonyl (C=O) groups excluding carboxylic acids is 2. The number of amides is 2. The van der Waals surface area contributed by atoms with Crippen molar-refractivity contribution in [2.24, 2.45) is 29.2 Å². The lowest BCUT2D eigenvalue weighted by molar-refractivity contribution is -0.0118. The van der Waals surface area contributed by atoms with Gasteiger partial charge in [0.1, 0.15) is 21.2 Å². The van der Waals surface area contributed by atoms with Crippen molar-refractivity contribution in [1.29, 1.82) is 0 Å². The van der Waals surface area contributed by atoms with Crippen LogP contribution in [0.1, 0.15) is 70.9 Å². The molecule has 1 aromatic heterocycles. The van der Waals surface area contributed by atoms with Gasteiger partial charge in [-0.05, 0) is 97.7 Å². The monoisotopic (exact) mass is 845 g/mol. The van der Waals surface area contributed by atoms with E-state index in [1.54, 1.807) is 31.1 Å². The standard InChI is InChI=1S/C44H56ClN7O6S/c1-29-6-4-8-39(56-3)35-12-9-32(35)22-52-27-44(15-5-7-30-20-33(45)11-13-37(30)44)28-58-40-14-10-31(21-38(40)52)42(53)47-59(55,26-29)48-43(54)36-24-49(2)46-41(36)51-17-16-50-18-19-57-25-34(50)23-51/h4,8,10-11,13-14,20-21,24,29,32,34-35,39H,5-7,9,12,15-19,22-23,25-28H2,1-3H3,(H,47,48,53,54,55)/b8-4+/t29-,32-,34-,35+,39-,44-,59-/m0/s1. The molecule has 3 fully saturated rings. The van der Waals surface area contributed by atoms with E-state index in [4.69, 9.17) is 25.8 Å². The molecule has 3 aromatic rings. The molecule has 2 bridgehead atoms. The van der Waals surface area contributed by atoms with E-state index in [0.29, 0.717) is 73.8 Å². The second-order valence-corrected chi connectivity index (χ2v) is 20.1. The molecule has 4 aliphatic heterocycles. The number of carbonyl (C=O) groups is 2. The number of allylic oxidation sites excluding steroid dienone is 1. The first kappa shape index (κ1) is 40.5. The lowest BCUT2D eigenvalue weighted by Gasteiger charge is -2.46. The van der Waals surface area contributed by atoms with E-state index in [0.717, 1.165) is 69.1 Å². The number of morpholine rings is 1. The predicted molar refractivity (Wildman–Crippen MR) is 229 cm³/mol. The van der Waals surface area contributed by atoms with Crippen molar-refractivity contribution in [1.82, 2.24) is 19.4 Å². The molecule has 0 unspecified atom stereocenters. The molecule has 59 heavy (non-hydrogen) atoms. The quantitative estimate of drug-likeness (QED) is 0.329. The number of nitrogens with one attached hydrogen (secondary N) is 1. The number of halogens is 1. The van der Waals surface area contributed by atoms with E-state index < -0.39 is 21.7 Å². The number of anilines is 2. The molecule has 5 heterocycles. The fourth-order valence-corrected chi connectivity index (χ4v) is 12.5. The highest BCUT2D eigenvalue weighted by atomic mass is 35.5. The maximum Gasteiger partial charge on any atom is 0.286 e. The second-order valence-electron chi connectivity index (χ2n) is 17.6. The van der Waals surface area contributed by atoms with Crippen LogP contribution in [0.4, 0.5) is 11.5 Å². The molecule has 1 spiro atoms. The summed E-state index contributed by atoms with van der Waals surface area (Å²) in [7, 11) is -0.0861. The van der Waals surface area contributed by atoms with Gasteiger partial charge in [0.15, 0.2) is 5.82 Å². The molecule has 1 saturated carbocycles. The van der Waals surface area contributed by atoms with Crippen molar-refractivity contribution < 1.29 is 28.0 Å². The summed E-state index contributed by atoms with van der Waals surface area (Å²) in [4.78, 5) is 35.5. The molecule has 2 saturated heterocycles. The van der Waals surface area contributed by atoms with Gasteiger partial charge in [0, 0.05) is 75.6 Å². The largest absolute Gasteiger partial charge is 0.490 e. The van der Waals surface area contributed by atoms with Crippen LogP contribution in [-0.2, 0) is 38.3 Å². The van der Waals surface area contributed by atoms with Gasteiger partial charge in [0.25, 0.3) is 11.8 Å². The molecular weight excluding hydrogens is 790 g/mol. The molecule has 6 aliphatic rings. The normalized spacial score (nSPS) is 31.7. The Morgan fingerprint density at radius 3 is 2.81 bits per heavy atom. The van der Waals surface area contributed by atoms with Gasteiger partial charge in [-0.15, -0.1) is 4.36 Å². The Balaban J connectivity index is 1.07. The summed E-state index contributed by atoms with van der Waals surface area (Å²) >= 11 is 6.50. The number of hydrogen-bond acceptors (Lipinski definition) is 10. The number of benzene rings is 2. The average Bonchev–Trinajstić information content (AvgIpc) is 3.54. The van der Waals surface area contributed by atoms with Crippen LogP contribution in [0.5, 0.6) is 5.75 Å². The van der Waals surface area contributed by atoms with Crippen molar-refractivity contribution in [3.05, 3.63) is 82.0 Å². The highest BCUT2D eigenvalue weighted by Crippen LogP contribution is 2.47. The van der Waals surface area contributed by atoms with E-state index in [1.807, 2.05) is 25.1 Å². The molecule has 1 N–H and O–H groups in total. The Morgan fingerprint density at radius 2 is 1.98 bits per heavy atom. The molecule has 13 nitrogen and oxygen atoms in total. The summed E-state index contributed by atoms with van der Waals surface area (Å²) in [5, 5.41) is 5.42. The molecule has 2 aromatic carbocycles. The minimum atomic E-state index is -3.63. The average molecular weight is 846 g/mol. The predicted octanol–water partition coefficient (Wildman–Crippen LogP) is 5.66. The van der Waals surface area contributed by atoms with Crippen molar-refractivity contribution in [2.75, 3.05) is 81.8 Å². The summed E-state index contributed by atoms with van der Waals surface area (Å²) < 4.78 is 42.4. The van der Waals surface area contributed by atoms with E-state index in [9.17, 15) is 9.59 Å². The minimum Gasteiger partial charge on any atom is -0.490 e. The summed E-state index contributed by atoms with van der Waals surface area (Å²) in [6.45, 7) is 8.35. The highest BCUT2D eigenvalue weighted by Gasteiger charge is 2.44. The summed E-state index contributed by atoms with van der Waals surface area (Å²) in [6.07, 6.45) is 11.5. The zero-order chi connectivity index (χ0) is 40.9. The third kappa shape index (κ3) is 8.15. The SMILES string of the molecule is CO[C@H]1/C=C/C[C@H](C)C[S@@](=O)(NC(=O)c2cn(C)nc2N2CCN3CCOC[C@@H]3C2)=NC(=O)c2ccc3c(c2)N(C[C@@H]2CC[C@H]21)C[C@@]1(CCCc2cc(Cl)ccc21)CO3. The number of rotatable bonds is 4. The van der Waals surface area contributed by atoms with E-state index in [1.165, 1.54) is 11.1 Å². The molecule has 7 atom stereocenters. The third-order valence-corrected chi connectivity index (χ3v) is 15.8. The Hall–Kier alpha value is -3.95. The van der Waals surface area contributed by atoms with E-state index in [2.05, 4.69) is 53.2 Å². The number of ether oxygens (including phenoxy) is 3. The van der Waals surface area contributed by atoms with Gasteiger partial charge in [-0.2, -0.15) is 5.10 Å². The fraction of sp³-hybridized carbons (Fsp3) is 0.568. The summed E-state index contributed by atoms with van der Waals surface area (Å²) in [5.74, 6) is 0.501. The molecular formula is C44H56ClN7O6S. The van der Waals surface area contributed by atoms with Gasteiger partial charge in [-0.25, -0.2) is 4.21 Å². The molecule has 2 amide bonds. The zero-order valence-corrected chi connectivity index (χ0v) is 35.9. The minimum absolute atomic E-state index is 0.0155. The molecule has 9 rings (SSSR count). The molecule has 15 heteroatoms. The first-order valence-corrected chi connectivity index (χ1v) is 23.3. The number of aryl methyl sites for hydroxylation is 2. The molecule has 2 aliphatic carbocycles. The van der Waals surface area contributed by atoms with Crippen LogP contribution < -0.4 is 19.3 Å². The van der Waals surface area contributed by atoms with E-state index >= 15 is 4.21 Å². The third-order valence-electron chi connectivity index (χ3n) is 13.6. The topological polar surface area (TPSA) is 131 Å². The van der Waals surface area contributed by atoms with E-state index in [-0.39, 0.29) is 29.2 Å². The van der Waals surface area contributed by atoms with Crippen molar-refractivity contribution >= 4 is 44.8 Å². The first-order valence-electron chi connectivity index (χ1n) is 21.2. The Morgan fingerprint density at radius 1 is 1.10 bits per heavy atom. The number of nitrogens with zero attached hydrogens (tertiary/aromatic N) is 6. The number of hydrogen-bond donors (Lipinski definition) is 1. The van der Waals surface area contributed by atoms with Crippen LogP contribution in [-0.4, -0.2) is 115 Å². The van der Waals surface area contributed by atoms with Crippen LogP contribution in [0.15, 0.2) is 59.1 Å². The van der Waals surface area contributed by atoms with Crippen molar-refractivity contribution in [3.8, 4) is 5.75 Å². The van der Waals surface area contributed by atoms with Gasteiger partial charge >= 0.3 is 0 Å². The van der Waals surface area contributed by atoms with Crippen LogP contribution in [0.3, 0.4) is 0 Å². The van der Waals surface area contributed by atoms with Gasteiger partial charge in [0.05, 0.1) is 43.4 Å². The Bertz CT molecular complexity index is 2260. The number of piperazine rings is 1. The van der Waals surface area contributed by atoms with Crippen molar-refractivity contribution in [2.45, 2.75) is 63.0 Å². The van der Waals surface area contributed by atoms with Gasteiger partial charge in [-0.3, -0.25) is 23.9 Å². The van der Waals surface area contributed by atoms with Gasteiger partial charge in [-0.1, -0.05) is 36.7 Å². The van der Waals surface area contributed by atoms with Gasteiger partial charge in [0.2, 0.25) is 0 Å². The molecule has 316 valence electrons. The zero-order valence-electron chi connectivity index (χ0n) is 34.3. The van der Waals surface area contributed by atoms with Crippen molar-refractivity contribution in [3.63, 3.8) is 0 Å². The van der Waals surface area contributed by atoms with Crippen LogP contribution in [0.25, 0.3) is 0 Å². The number of aromatic nitrogens is 2. The second kappa shape index (κ2) is 16.5. The smallest absolute Gasteiger partial charge is 0.286 e. The number of fused-ring (bicyclic) bond motifs is 5. The Labute approximate surface area is 352 Å². The summed E-state index contributed by atoms with van der Waals surface area (Å²) in [5.41, 5.74) is 3.66. The molecule has 0 radical (unpaired) electrons. The highest BCUT2D eigenvalue weighted by molar-refractivity contribution is 7.92. The lowest BCUT2D eigenvalue weighted by Crippen LogP contribution is -2.58. The number of methoxy groups -OCH3 is 1. The van der Waals surface area contributed by atoms with Gasteiger partial charge < -0.3 is 24.0 Å². The van der Waals surface area contributed by atoms with Crippen LogP contribution in [0, 0.1) is 17.8 Å².